The Kier molecular flexibility index (Phi) is 5.99. The normalized spacial score (nSPS) is 12.3. The van der Waals surface area contributed by atoms with Crippen molar-refractivity contribution in [3.63, 3.8) is 0 Å². The Hall–Kier alpha value is -1.25. The van der Waals surface area contributed by atoms with Crippen LogP contribution < -0.4 is 5.73 Å². The summed E-state index contributed by atoms with van der Waals surface area (Å²) in [5.41, 5.74) is 7.57. The maximum atomic E-state index is 6.16. The van der Waals surface area contributed by atoms with E-state index in [0.717, 1.165) is 18.6 Å². The standard InChI is InChI=1S/C17H21NS/c18-16(14-19-17-12-5-2-6-13-17)11-7-10-15-8-3-1-4-9-15/h1-6,8-9,12-13,16H,7,10-11,14,18H2. The topological polar surface area (TPSA) is 26.0 Å². The molecule has 0 bridgehead atoms. The lowest BCUT2D eigenvalue weighted by atomic mass is 10.1. The zero-order chi connectivity index (χ0) is 13.3. The fourth-order valence-electron chi connectivity index (χ4n) is 2.02. The summed E-state index contributed by atoms with van der Waals surface area (Å²) < 4.78 is 0. The van der Waals surface area contributed by atoms with Crippen LogP contribution in [0.25, 0.3) is 0 Å². The molecule has 0 aliphatic heterocycles. The highest BCUT2D eigenvalue weighted by Crippen LogP contribution is 2.18. The molecule has 2 aromatic carbocycles. The van der Waals surface area contributed by atoms with Crippen LogP contribution in [0.3, 0.4) is 0 Å². The van der Waals surface area contributed by atoms with Gasteiger partial charge in [0.2, 0.25) is 0 Å². The molecule has 2 aromatic rings. The average Bonchev–Trinajstić information content (AvgIpc) is 2.47. The summed E-state index contributed by atoms with van der Waals surface area (Å²) in [5.74, 6) is 0.999. The van der Waals surface area contributed by atoms with Crippen molar-refractivity contribution in [3.05, 3.63) is 66.2 Å². The minimum Gasteiger partial charge on any atom is -0.327 e. The molecule has 0 radical (unpaired) electrons. The molecule has 0 aromatic heterocycles. The highest BCUT2D eigenvalue weighted by Gasteiger charge is 2.03. The van der Waals surface area contributed by atoms with Gasteiger partial charge in [-0.05, 0) is 37.0 Å². The first-order valence-electron chi connectivity index (χ1n) is 6.82. The van der Waals surface area contributed by atoms with Gasteiger partial charge in [0.05, 0.1) is 0 Å². The van der Waals surface area contributed by atoms with Crippen LogP contribution in [0.2, 0.25) is 0 Å². The maximum absolute atomic E-state index is 6.16. The molecule has 2 rings (SSSR count). The number of rotatable bonds is 7. The summed E-state index contributed by atoms with van der Waals surface area (Å²) in [6.45, 7) is 0. The van der Waals surface area contributed by atoms with E-state index < -0.39 is 0 Å². The molecule has 2 heteroatoms. The van der Waals surface area contributed by atoms with E-state index in [1.165, 1.54) is 16.9 Å². The molecule has 100 valence electrons. The van der Waals surface area contributed by atoms with Gasteiger partial charge in [-0.15, -0.1) is 11.8 Å². The van der Waals surface area contributed by atoms with Crippen LogP contribution in [0.5, 0.6) is 0 Å². The lowest BCUT2D eigenvalue weighted by molar-refractivity contribution is 0.631. The monoisotopic (exact) mass is 271 g/mol. The zero-order valence-corrected chi connectivity index (χ0v) is 12.0. The smallest absolute Gasteiger partial charge is 0.0134 e. The minimum atomic E-state index is 0.286. The molecule has 1 unspecified atom stereocenters. The van der Waals surface area contributed by atoms with Crippen molar-refractivity contribution in [1.82, 2.24) is 0 Å². The molecule has 0 amide bonds. The molecule has 0 saturated heterocycles. The summed E-state index contributed by atoms with van der Waals surface area (Å²) in [4.78, 5) is 1.31. The predicted molar refractivity (Wildman–Crippen MR) is 84.5 cm³/mol. The third-order valence-corrected chi connectivity index (χ3v) is 4.29. The van der Waals surface area contributed by atoms with Gasteiger partial charge in [-0.25, -0.2) is 0 Å². The quantitative estimate of drug-likeness (QED) is 0.766. The van der Waals surface area contributed by atoms with Crippen molar-refractivity contribution in [3.8, 4) is 0 Å². The minimum absolute atomic E-state index is 0.286. The van der Waals surface area contributed by atoms with Crippen LogP contribution in [0.1, 0.15) is 18.4 Å². The van der Waals surface area contributed by atoms with Gasteiger partial charge in [-0.3, -0.25) is 0 Å². The van der Waals surface area contributed by atoms with Crippen LogP contribution in [0, 0.1) is 0 Å². The number of thioether (sulfide) groups is 1. The Morgan fingerprint density at radius 1 is 0.895 bits per heavy atom. The molecule has 1 atom stereocenters. The van der Waals surface area contributed by atoms with Crippen LogP contribution in [-0.4, -0.2) is 11.8 Å². The van der Waals surface area contributed by atoms with E-state index in [1.54, 1.807) is 0 Å². The number of nitrogens with two attached hydrogens (primary N) is 1. The van der Waals surface area contributed by atoms with Gasteiger partial charge in [0, 0.05) is 16.7 Å². The largest absolute Gasteiger partial charge is 0.327 e. The van der Waals surface area contributed by atoms with Gasteiger partial charge in [0.1, 0.15) is 0 Å². The first-order chi connectivity index (χ1) is 9.34. The van der Waals surface area contributed by atoms with Crippen molar-refractivity contribution in [2.75, 3.05) is 5.75 Å². The molecule has 19 heavy (non-hydrogen) atoms. The second kappa shape index (κ2) is 8.03. The van der Waals surface area contributed by atoms with E-state index in [1.807, 2.05) is 17.8 Å². The summed E-state index contributed by atoms with van der Waals surface area (Å²) in [7, 11) is 0. The second-order valence-electron chi connectivity index (χ2n) is 4.76. The lowest BCUT2D eigenvalue weighted by Crippen LogP contribution is -2.22. The highest BCUT2D eigenvalue weighted by atomic mass is 32.2. The Balaban J connectivity index is 1.64. The van der Waals surface area contributed by atoms with Crippen molar-refractivity contribution >= 4 is 11.8 Å². The molecule has 2 N–H and O–H groups in total. The second-order valence-corrected chi connectivity index (χ2v) is 5.86. The molecular weight excluding hydrogens is 250 g/mol. The third kappa shape index (κ3) is 5.50. The Morgan fingerprint density at radius 2 is 1.53 bits per heavy atom. The highest BCUT2D eigenvalue weighted by molar-refractivity contribution is 7.99. The summed E-state index contributed by atoms with van der Waals surface area (Å²) in [6, 6.07) is 21.4. The van der Waals surface area contributed by atoms with Gasteiger partial charge in [0.25, 0.3) is 0 Å². The van der Waals surface area contributed by atoms with Crippen LogP contribution in [0.15, 0.2) is 65.6 Å². The van der Waals surface area contributed by atoms with Crippen LogP contribution in [-0.2, 0) is 6.42 Å². The Morgan fingerprint density at radius 3 is 2.21 bits per heavy atom. The van der Waals surface area contributed by atoms with Crippen LogP contribution in [0.4, 0.5) is 0 Å². The molecule has 0 fully saturated rings. The molecule has 0 aliphatic rings. The van der Waals surface area contributed by atoms with Gasteiger partial charge in [-0.2, -0.15) is 0 Å². The number of benzene rings is 2. The fraction of sp³-hybridized carbons (Fsp3) is 0.294. The molecule has 0 heterocycles. The summed E-state index contributed by atoms with van der Waals surface area (Å²) >= 11 is 1.85. The van der Waals surface area contributed by atoms with Crippen molar-refractivity contribution in [2.45, 2.75) is 30.2 Å². The van der Waals surface area contributed by atoms with Crippen LogP contribution >= 0.6 is 11.8 Å². The molecular formula is C17H21NS. The molecule has 1 nitrogen and oxygen atoms in total. The van der Waals surface area contributed by atoms with Gasteiger partial charge in [0.15, 0.2) is 0 Å². The van der Waals surface area contributed by atoms with Crippen molar-refractivity contribution in [2.24, 2.45) is 5.73 Å². The van der Waals surface area contributed by atoms with E-state index >= 15 is 0 Å². The first-order valence-corrected chi connectivity index (χ1v) is 7.80. The third-order valence-electron chi connectivity index (χ3n) is 3.09. The van der Waals surface area contributed by atoms with E-state index in [4.69, 9.17) is 5.73 Å². The Labute approximate surface area is 120 Å². The zero-order valence-electron chi connectivity index (χ0n) is 11.2. The number of hydrogen-bond acceptors (Lipinski definition) is 2. The van der Waals surface area contributed by atoms with Crippen molar-refractivity contribution in [1.29, 1.82) is 0 Å². The number of hydrogen-bond donors (Lipinski definition) is 1. The summed E-state index contributed by atoms with van der Waals surface area (Å²) in [5, 5.41) is 0. The van der Waals surface area contributed by atoms with E-state index in [0.29, 0.717) is 0 Å². The first kappa shape index (κ1) is 14.2. The molecule has 0 aliphatic carbocycles. The lowest BCUT2D eigenvalue weighted by Gasteiger charge is -2.11. The predicted octanol–water partition coefficient (Wildman–Crippen LogP) is 4.13. The fourth-order valence-corrected chi connectivity index (χ4v) is 2.94. The van der Waals surface area contributed by atoms with Crippen molar-refractivity contribution < 1.29 is 0 Å². The van der Waals surface area contributed by atoms with E-state index in [2.05, 4.69) is 54.6 Å². The average molecular weight is 271 g/mol. The van der Waals surface area contributed by atoms with Gasteiger partial charge >= 0.3 is 0 Å². The molecule has 0 saturated carbocycles. The van der Waals surface area contributed by atoms with E-state index in [9.17, 15) is 0 Å². The number of aryl methyl sites for hydroxylation is 1. The summed E-state index contributed by atoms with van der Waals surface area (Å²) in [6.07, 6.45) is 3.39. The molecule has 0 spiro atoms. The van der Waals surface area contributed by atoms with E-state index in [-0.39, 0.29) is 6.04 Å². The SMILES string of the molecule is NC(CCCc1ccccc1)CSc1ccccc1. The van der Waals surface area contributed by atoms with Gasteiger partial charge in [-0.1, -0.05) is 48.5 Å². The Bertz CT molecular complexity index is 455. The van der Waals surface area contributed by atoms with Gasteiger partial charge < -0.3 is 5.73 Å². The maximum Gasteiger partial charge on any atom is 0.0134 e.